The lowest BCUT2D eigenvalue weighted by Crippen LogP contribution is -1.89. The third-order valence-corrected chi connectivity index (χ3v) is 4.94. The number of hydrogen-bond acceptors (Lipinski definition) is 0. The van der Waals surface area contributed by atoms with Gasteiger partial charge in [-0.25, -0.2) is 0 Å². The minimum absolute atomic E-state index is 0.0612. The molecule has 0 atom stereocenters. The molecule has 0 amide bonds. The van der Waals surface area contributed by atoms with Gasteiger partial charge < -0.3 is 4.98 Å². The predicted molar refractivity (Wildman–Crippen MR) is 105 cm³/mol. The second-order valence-electron chi connectivity index (χ2n) is 6.70. The van der Waals surface area contributed by atoms with Gasteiger partial charge in [0.25, 0.3) is 0 Å². The Morgan fingerprint density at radius 1 is 0.880 bits per heavy atom. The van der Waals surface area contributed by atoms with Crippen LogP contribution in [0.1, 0.15) is 31.7 Å². The maximum absolute atomic E-state index is 11.6. The topological polar surface area (TPSA) is 35.7 Å². The maximum Gasteiger partial charge on any atom is 0.179 e. The van der Waals surface area contributed by atoms with E-state index in [1.54, 1.807) is 12.1 Å². The van der Waals surface area contributed by atoms with E-state index in [9.17, 15) is 5.11 Å². The molecule has 0 fully saturated rings. The molecule has 1 radical (unpaired) electrons. The summed E-state index contributed by atoms with van der Waals surface area (Å²) < 4.78 is 0. The first kappa shape index (κ1) is 15.8. The van der Waals surface area contributed by atoms with Gasteiger partial charge in [-0.1, -0.05) is 56.2 Å². The molecule has 0 bridgehead atoms. The molecule has 1 aromatic heterocycles. The van der Waals surface area contributed by atoms with Gasteiger partial charge in [0.2, 0.25) is 0 Å². The lowest BCUT2D eigenvalue weighted by molar-refractivity contribution is 0.355. The molecule has 0 saturated heterocycles. The SMILES string of the molecule is CCCCCc1c(-c2ccc3cc([O])ccc3c2)[nH]c2ccccc12. The van der Waals surface area contributed by atoms with Gasteiger partial charge in [0, 0.05) is 16.6 Å². The van der Waals surface area contributed by atoms with E-state index >= 15 is 0 Å². The third kappa shape index (κ3) is 3.00. The van der Waals surface area contributed by atoms with Gasteiger partial charge in [0.05, 0.1) is 0 Å². The number of unbranched alkanes of at least 4 members (excludes halogenated alkanes) is 2. The highest BCUT2D eigenvalue weighted by Crippen LogP contribution is 2.33. The van der Waals surface area contributed by atoms with Gasteiger partial charge in [-0.05, 0) is 59.0 Å². The minimum atomic E-state index is 0.0612. The summed E-state index contributed by atoms with van der Waals surface area (Å²) in [5.41, 5.74) is 5.00. The van der Waals surface area contributed by atoms with Crippen LogP contribution in [0.3, 0.4) is 0 Å². The normalized spacial score (nSPS) is 11.4. The molecule has 4 rings (SSSR count). The van der Waals surface area contributed by atoms with E-state index in [1.807, 2.05) is 12.1 Å². The number of aryl methyl sites for hydroxylation is 1. The number of fused-ring (bicyclic) bond motifs is 2. The Morgan fingerprint density at radius 3 is 2.56 bits per heavy atom. The lowest BCUT2D eigenvalue weighted by Gasteiger charge is -2.07. The summed E-state index contributed by atoms with van der Waals surface area (Å²) in [7, 11) is 0. The molecule has 2 nitrogen and oxygen atoms in total. The maximum atomic E-state index is 11.6. The minimum Gasteiger partial charge on any atom is -0.354 e. The molecule has 25 heavy (non-hydrogen) atoms. The van der Waals surface area contributed by atoms with Crippen LogP contribution in [0.15, 0.2) is 60.7 Å². The molecule has 125 valence electrons. The number of hydrogen-bond donors (Lipinski definition) is 1. The van der Waals surface area contributed by atoms with Crippen LogP contribution < -0.4 is 0 Å². The smallest absolute Gasteiger partial charge is 0.179 e. The van der Waals surface area contributed by atoms with Crippen LogP contribution in [-0.4, -0.2) is 4.98 Å². The number of para-hydroxylation sites is 1. The standard InChI is InChI=1S/C23H22NO/c1-2-3-4-8-21-20-7-5-6-9-22(20)24-23(21)18-11-10-17-15-19(25)13-12-16(17)14-18/h5-7,9-15,24H,2-4,8H2,1H3. The van der Waals surface area contributed by atoms with Gasteiger partial charge in [0.15, 0.2) is 5.75 Å². The second kappa shape index (κ2) is 6.64. The van der Waals surface area contributed by atoms with Crippen molar-refractivity contribution < 1.29 is 5.11 Å². The zero-order valence-electron chi connectivity index (χ0n) is 14.5. The number of rotatable bonds is 5. The summed E-state index contributed by atoms with van der Waals surface area (Å²) in [6.07, 6.45) is 4.78. The first-order valence-corrected chi connectivity index (χ1v) is 9.07. The molecule has 0 spiro atoms. The van der Waals surface area contributed by atoms with Crippen LogP contribution >= 0.6 is 0 Å². The van der Waals surface area contributed by atoms with E-state index in [4.69, 9.17) is 0 Å². The monoisotopic (exact) mass is 328 g/mol. The quantitative estimate of drug-likeness (QED) is 0.388. The molecule has 2 heteroatoms. The third-order valence-electron chi connectivity index (χ3n) is 4.94. The van der Waals surface area contributed by atoms with Crippen LogP contribution in [0.2, 0.25) is 0 Å². The van der Waals surface area contributed by atoms with Gasteiger partial charge >= 0.3 is 0 Å². The van der Waals surface area contributed by atoms with E-state index in [0.29, 0.717) is 0 Å². The Morgan fingerprint density at radius 2 is 1.68 bits per heavy atom. The number of nitrogens with one attached hydrogen (secondary N) is 1. The highest BCUT2D eigenvalue weighted by Gasteiger charge is 2.13. The Kier molecular flexibility index (Phi) is 4.19. The lowest BCUT2D eigenvalue weighted by atomic mass is 9.98. The van der Waals surface area contributed by atoms with Gasteiger partial charge in [-0.2, -0.15) is 0 Å². The van der Waals surface area contributed by atoms with Gasteiger partial charge in [-0.3, -0.25) is 5.11 Å². The van der Waals surface area contributed by atoms with Crippen LogP contribution in [0.25, 0.3) is 32.9 Å². The van der Waals surface area contributed by atoms with Crippen LogP contribution in [0, 0.1) is 0 Å². The molecule has 1 heterocycles. The van der Waals surface area contributed by atoms with Crippen molar-refractivity contribution in [2.24, 2.45) is 0 Å². The molecule has 0 unspecified atom stereocenters. The molecule has 0 aliphatic heterocycles. The van der Waals surface area contributed by atoms with Crippen molar-refractivity contribution in [3.8, 4) is 17.0 Å². The fourth-order valence-electron chi connectivity index (χ4n) is 3.64. The Labute approximate surface area is 148 Å². The Bertz CT molecular complexity index is 1030. The molecule has 0 aliphatic rings. The van der Waals surface area contributed by atoms with E-state index in [2.05, 4.69) is 48.3 Å². The highest BCUT2D eigenvalue weighted by molar-refractivity contribution is 5.94. The van der Waals surface area contributed by atoms with Crippen molar-refractivity contribution >= 4 is 21.7 Å². The van der Waals surface area contributed by atoms with Crippen molar-refractivity contribution in [1.29, 1.82) is 0 Å². The fourth-order valence-corrected chi connectivity index (χ4v) is 3.64. The van der Waals surface area contributed by atoms with Crippen molar-refractivity contribution in [1.82, 2.24) is 4.98 Å². The van der Waals surface area contributed by atoms with Crippen LogP contribution in [-0.2, 0) is 11.5 Å². The second-order valence-corrected chi connectivity index (χ2v) is 6.70. The van der Waals surface area contributed by atoms with E-state index < -0.39 is 0 Å². The first-order valence-electron chi connectivity index (χ1n) is 9.07. The summed E-state index contributed by atoms with van der Waals surface area (Å²) in [6, 6.07) is 20.2. The number of aromatic nitrogens is 1. The fraction of sp³-hybridized carbons (Fsp3) is 0.217. The summed E-state index contributed by atoms with van der Waals surface area (Å²) in [5.74, 6) is 0.0612. The van der Waals surface area contributed by atoms with E-state index in [0.717, 1.165) is 17.2 Å². The zero-order valence-corrected chi connectivity index (χ0v) is 14.5. The predicted octanol–water partition coefficient (Wildman–Crippen LogP) is 6.86. The average Bonchev–Trinajstić information content (AvgIpc) is 3.00. The summed E-state index contributed by atoms with van der Waals surface area (Å²) in [4.78, 5) is 3.62. The van der Waals surface area contributed by atoms with Crippen molar-refractivity contribution in [3.05, 3.63) is 66.2 Å². The molecule has 1 N–H and O–H groups in total. The number of benzene rings is 3. The Hall–Kier alpha value is -2.74. The molecular formula is C23H22NO. The van der Waals surface area contributed by atoms with Crippen LogP contribution in [0.4, 0.5) is 0 Å². The first-order chi connectivity index (χ1) is 12.3. The van der Waals surface area contributed by atoms with Crippen molar-refractivity contribution in [2.75, 3.05) is 0 Å². The molecule has 4 aromatic rings. The average molecular weight is 328 g/mol. The molecular weight excluding hydrogens is 306 g/mol. The zero-order chi connectivity index (χ0) is 17.2. The summed E-state index contributed by atoms with van der Waals surface area (Å²) >= 11 is 0. The molecule has 0 saturated carbocycles. The van der Waals surface area contributed by atoms with Gasteiger partial charge in [-0.15, -0.1) is 0 Å². The molecule has 3 aromatic carbocycles. The number of aromatic amines is 1. The number of H-pyrrole nitrogens is 1. The van der Waals surface area contributed by atoms with Crippen molar-refractivity contribution in [2.45, 2.75) is 32.6 Å². The summed E-state index contributed by atoms with van der Waals surface area (Å²) in [6.45, 7) is 2.24. The Balaban J connectivity index is 1.84. The van der Waals surface area contributed by atoms with Crippen molar-refractivity contribution in [3.63, 3.8) is 0 Å². The van der Waals surface area contributed by atoms with Crippen LogP contribution in [0.5, 0.6) is 5.75 Å². The van der Waals surface area contributed by atoms with E-state index in [-0.39, 0.29) is 5.75 Å². The van der Waals surface area contributed by atoms with Gasteiger partial charge in [0.1, 0.15) is 0 Å². The van der Waals surface area contributed by atoms with E-state index in [1.165, 1.54) is 47.0 Å². The largest absolute Gasteiger partial charge is 0.354 e. The highest BCUT2D eigenvalue weighted by atomic mass is 16.3. The summed E-state index contributed by atoms with van der Waals surface area (Å²) in [5, 5.41) is 15.0. The molecule has 0 aliphatic carbocycles.